The monoisotopic (exact) mass is 395 g/mol. The van der Waals surface area contributed by atoms with Crippen LogP contribution in [0.15, 0.2) is 39.9 Å². The fourth-order valence-electron chi connectivity index (χ4n) is 4.22. The number of nitrogens with zero attached hydrogens (tertiary/aromatic N) is 5. The van der Waals surface area contributed by atoms with Crippen LogP contribution < -0.4 is 16.1 Å². The van der Waals surface area contributed by atoms with Gasteiger partial charge in [0.2, 0.25) is 5.95 Å². The highest BCUT2D eigenvalue weighted by Gasteiger charge is 2.29. The van der Waals surface area contributed by atoms with Crippen LogP contribution in [0.25, 0.3) is 11.2 Å². The molecule has 0 N–H and O–H groups in total. The maximum Gasteiger partial charge on any atom is 0.332 e. The summed E-state index contributed by atoms with van der Waals surface area (Å²) in [5.41, 5.74) is 1.54. The first-order valence-corrected chi connectivity index (χ1v) is 10.6. The van der Waals surface area contributed by atoms with Crippen molar-refractivity contribution in [2.45, 2.75) is 52.6 Å². The average Bonchev–Trinajstić information content (AvgIpc) is 3.11. The molecule has 0 bridgehead atoms. The summed E-state index contributed by atoms with van der Waals surface area (Å²) >= 11 is 0. The minimum absolute atomic E-state index is 0.222. The Bertz CT molecular complexity index is 1130. The zero-order chi connectivity index (χ0) is 20.5. The number of para-hydroxylation sites is 1. The molecule has 1 atom stereocenters. The lowest BCUT2D eigenvalue weighted by Crippen LogP contribution is -2.40. The van der Waals surface area contributed by atoms with E-state index in [1.807, 2.05) is 34.9 Å². The van der Waals surface area contributed by atoms with Crippen LogP contribution in [0.3, 0.4) is 0 Å². The van der Waals surface area contributed by atoms with Crippen LogP contribution in [0, 0.1) is 5.92 Å². The van der Waals surface area contributed by atoms with E-state index in [2.05, 4.69) is 18.7 Å². The normalized spacial score (nSPS) is 16.4. The van der Waals surface area contributed by atoms with Gasteiger partial charge in [0.1, 0.15) is 0 Å². The molecular formula is C22H29N5O2. The van der Waals surface area contributed by atoms with Gasteiger partial charge < -0.3 is 9.47 Å². The zero-order valence-corrected chi connectivity index (χ0v) is 17.5. The predicted octanol–water partition coefficient (Wildman–Crippen LogP) is 3.26. The molecule has 154 valence electrons. The Morgan fingerprint density at radius 2 is 1.83 bits per heavy atom. The smallest absolute Gasteiger partial charge is 0.312 e. The van der Waals surface area contributed by atoms with E-state index in [0.29, 0.717) is 23.6 Å². The number of hydrogen-bond donors (Lipinski definition) is 0. The zero-order valence-electron chi connectivity index (χ0n) is 17.5. The minimum Gasteiger partial charge on any atom is -0.312 e. The van der Waals surface area contributed by atoms with Crippen molar-refractivity contribution in [3.63, 3.8) is 0 Å². The molecule has 3 aromatic rings. The van der Waals surface area contributed by atoms with E-state index in [4.69, 9.17) is 4.98 Å². The Kier molecular flexibility index (Phi) is 5.30. The summed E-state index contributed by atoms with van der Waals surface area (Å²) in [6.07, 6.45) is 4.09. The molecular weight excluding hydrogens is 366 g/mol. The molecule has 3 heterocycles. The van der Waals surface area contributed by atoms with E-state index in [1.54, 1.807) is 7.05 Å². The van der Waals surface area contributed by atoms with Crippen LogP contribution in [0.1, 0.15) is 39.5 Å². The Labute approximate surface area is 170 Å². The van der Waals surface area contributed by atoms with Gasteiger partial charge in [0.25, 0.3) is 5.56 Å². The van der Waals surface area contributed by atoms with Crippen molar-refractivity contribution in [3.8, 4) is 0 Å². The van der Waals surface area contributed by atoms with Crippen molar-refractivity contribution >= 4 is 22.8 Å². The first kappa shape index (κ1) is 19.5. The lowest BCUT2D eigenvalue weighted by atomic mass is 10.1. The third kappa shape index (κ3) is 3.39. The Balaban J connectivity index is 1.86. The Morgan fingerprint density at radius 3 is 2.55 bits per heavy atom. The van der Waals surface area contributed by atoms with Gasteiger partial charge in [-0.1, -0.05) is 51.3 Å². The second-order valence-corrected chi connectivity index (χ2v) is 8.10. The summed E-state index contributed by atoms with van der Waals surface area (Å²) < 4.78 is 4.91. The molecule has 1 aliphatic rings. The third-order valence-electron chi connectivity index (χ3n) is 5.75. The maximum absolute atomic E-state index is 13.3. The van der Waals surface area contributed by atoms with E-state index in [0.717, 1.165) is 50.4 Å². The average molecular weight is 396 g/mol. The number of unbranched alkanes of at least 4 members (excludes halogenated alkanes) is 3. The first-order chi connectivity index (χ1) is 14.0. The van der Waals surface area contributed by atoms with Gasteiger partial charge in [-0.15, -0.1) is 0 Å². The SMILES string of the molecule is CCCCCCn1c(=O)c2c(nc3n2C[C@@H](C)CN3c2ccccc2)n(C)c1=O. The highest BCUT2D eigenvalue weighted by atomic mass is 16.2. The second kappa shape index (κ2) is 7.89. The van der Waals surface area contributed by atoms with Crippen LogP contribution >= 0.6 is 0 Å². The van der Waals surface area contributed by atoms with Gasteiger partial charge in [-0.25, -0.2) is 4.79 Å². The van der Waals surface area contributed by atoms with Crippen LogP contribution in [0.4, 0.5) is 11.6 Å². The van der Waals surface area contributed by atoms with Crippen LogP contribution in [-0.2, 0) is 20.1 Å². The van der Waals surface area contributed by atoms with Gasteiger partial charge in [0, 0.05) is 32.4 Å². The van der Waals surface area contributed by atoms with Crippen molar-refractivity contribution in [2.75, 3.05) is 11.4 Å². The first-order valence-electron chi connectivity index (χ1n) is 10.6. The molecule has 0 aliphatic carbocycles. The number of imidazole rings is 1. The summed E-state index contributed by atoms with van der Waals surface area (Å²) in [4.78, 5) is 33.1. The summed E-state index contributed by atoms with van der Waals surface area (Å²) in [5, 5.41) is 0. The standard InChI is InChI=1S/C22H29N5O2/c1-4-5-6-10-13-25-20(28)18-19(24(3)22(25)29)23-21-26(14-16(2)15-27(18)21)17-11-8-7-9-12-17/h7-9,11-12,16H,4-6,10,13-15H2,1-3H3/t16-/m0/s1. The fraction of sp³-hybridized carbons (Fsp3) is 0.500. The second-order valence-electron chi connectivity index (χ2n) is 8.10. The fourth-order valence-corrected chi connectivity index (χ4v) is 4.22. The van der Waals surface area contributed by atoms with Gasteiger partial charge in [0.05, 0.1) is 0 Å². The van der Waals surface area contributed by atoms with Gasteiger partial charge in [-0.3, -0.25) is 13.9 Å². The van der Waals surface area contributed by atoms with Gasteiger partial charge in [-0.05, 0) is 24.5 Å². The largest absolute Gasteiger partial charge is 0.332 e. The van der Waals surface area contributed by atoms with Crippen molar-refractivity contribution < 1.29 is 0 Å². The number of benzene rings is 1. The molecule has 0 unspecified atom stereocenters. The van der Waals surface area contributed by atoms with Crippen LogP contribution in [0.2, 0.25) is 0 Å². The highest BCUT2D eigenvalue weighted by molar-refractivity contribution is 5.77. The lowest BCUT2D eigenvalue weighted by molar-refractivity contribution is 0.457. The summed E-state index contributed by atoms with van der Waals surface area (Å²) in [7, 11) is 1.71. The molecule has 0 fully saturated rings. The molecule has 7 nitrogen and oxygen atoms in total. The molecule has 1 aliphatic heterocycles. The third-order valence-corrected chi connectivity index (χ3v) is 5.75. The molecule has 0 saturated heterocycles. The van der Waals surface area contributed by atoms with E-state index >= 15 is 0 Å². The topological polar surface area (TPSA) is 65.1 Å². The maximum atomic E-state index is 13.3. The van der Waals surface area contributed by atoms with Gasteiger partial charge in [0.15, 0.2) is 11.2 Å². The molecule has 0 saturated carbocycles. The molecule has 0 amide bonds. The van der Waals surface area contributed by atoms with E-state index in [1.165, 1.54) is 9.13 Å². The van der Waals surface area contributed by atoms with E-state index in [-0.39, 0.29) is 11.2 Å². The van der Waals surface area contributed by atoms with E-state index < -0.39 is 0 Å². The number of aromatic nitrogens is 4. The molecule has 0 spiro atoms. The van der Waals surface area contributed by atoms with Crippen molar-refractivity contribution in [3.05, 3.63) is 51.2 Å². The lowest BCUT2D eigenvalue weighted by Gasteiger charge is -2.32. The van der Waals surface area contributed by atoms with Crippen molar-refractivity contribution in [2.24, 2.45) is 13.0 Å². The number of fused-ring (bicyclic) bond motifs is 3. The molecule has 7 heteroatoms. The quantitative estimate of drug-likeness (QED) is 0.601. The Morgan fingerprint density at radius 1 is 1.07 bits per heavy atom. The number of aryl methyl sites for hydroxylation is 1. The Hall–Kier alpha value is -2.83. The number of rotatable bonds is 6. The van der Waals surface area contributed by atoms with Gasteiger partial charge in [-0.2, -0.15) is 4.98 Å². The molecule has 2 aromatic heterocycles. The number of anilines is 2. The van der Waals surface area contributed by atoms with Crippen LogP contribution in [-0.4, -0.2) is 25.2 Å². The van der Waals surface area contributed by atoms with Crippen molar-refractivity contribution in [1.82, 2.24) is 18.7 Å². The number of hydrogen-bond acceptors (Lipinski definition) is 4. The summed E-state index contributed by atoms with van der Waals surface area (Å²) in [5.74, 6) is 1.09. The van der Waals surface area contributed by atoms with Crippen molar-refractivity contribution in [1.29, 1.82) is 0 Å². The molecule has 29 heavy (non-hydrogen) atoms. The summed E-state index contributed by atoms with van der Waals surface area (Å²) in [6, 6.07) is 10.1. The predicted molar refractivity (Wildman–Crippen MR) is 116 cm³/mol. The minimum atomic E-state index is -0.284. The highest BCUT2D eigenvalue weighted by Crippen LogP contribution is 2.32. The van der Waals surface area contributed by atoms with Crippen LogP contribution in [0.5, 0.6) is 0 Å². The molecule has 4 rings (SSSR count). The molecule has 1 aromatic carbocycles. The van der Waals surface area contributed by atoms with Gasteiger partial charge >= 0.3 is 5.69 Å². The summed E-state index contributed by atoms with van der Waals surface area (Å²) in [6.45, 7) is 6.33. The van der Waals surface area contributed by atoms with E-state index in [9.17, 15) is 9.59 Å². The molecule has 0 radical (unpaired) electrons.